The number of H-pyrrole nitrogens is 1. The van der Waals surface area contributed by atoms with Crippen molar-refractivity contribution in [2.75, 3.05) is 39.3 Å². The van der Waals surface area contributed by atoms with Gasteiger partial charge in [0.1, 0.15) is 0 Å². The topological polar surface area (TPSA) is 72.5 Å². The van der Waals surface area contributed by atoms with Crippen LogP contribution in [0.15, 0.2) is 23.6 Å². The number of rotatable bonds is 5. The van der Waals surface area contributed by atoms with E-state index in [2.05, 4.69) is 20.0 Å². The van der Waals surface area contributed by atoms with Crippen LogP contribution in [0.5, 0.6) is 0 Å². The van der Waals surface area contributed by atoms with E-state index in [1.54, 1.807) is 11.3 Å². The second kappa shape index (κ2) is 7.91. The van der Waals surface area contributed by atoms with Gasteiger partial charge in [0.05, 0.1) is 16.6 Å². The minimum atomic E-state index is -0.0287. The standard InChI is InChI=1S/C21H27N5O2S/c27-20(17-13-16(22-23-17)19-3-1-12-29-19)25-8-2-7-24(10-11-25)18-6-9-26(21(18)28)14-15-4-5-15/h1,3,12-13,15,18H,2,4-11,14H2,(H,22,23)/t18-/m1/s1. The van der Waals surface area contributed by atoms with Crippen molar-refractivity contribution in [1.82, 2.24) is 24.9 Å². The number of aromatic nitrogens is 2. The van der Waals surface area contributed by atoms with Gasteiger partial charge in [-0.05, 0) is 49.1 Å². The van der Waals surface area contributed by atoms with Crippen LogP contribution in [0.3, 0.4) is 0 Å². The van der Waals surface area contributed by atoms with E-state index in [0.717, 1.165) is 55.5 Å². The highest BCUT2D eigenvalue weighted by Crippen LogP contribution is 2.32. The molecule has 1 saturated carbocycles. The van der Waals surface area contributed by atoms with Gasteiger partial charge in [-0.1, -0.05) is 6.07 Å². The molecule has 5 rings (SSSR count). The summed E-state index contributed by atoms with van der Waals surface area (Å²) in [4.78, 5) is 33.1. The van der Waals surface area contributed by atoms with Crippen molar-refractivity contribution in [3.63, 3.8) is 0 Å². The van der Waals surface area contributed by atoms with Gasteiger partial charge in [-0.3, -0.25) is 19.6 Å². The van der Waals surface area contributed by atoms with Crippen molar-refractivity contribution in [1.29, 1.82) is 0 Å². The third kappa shape index (κ3) is 3.96. The summed E-state index contributed by atoms with van der Waals surface area (Å²) in [5, 5.41) is 9.24. The lowest BCUT2D eigenvalue weighted by molar-refractivity contribution is -0.132. The Hall–Kier alpha value is -2.19. The van der Waals surface area contributed by atoms with Gasteiger partial charge in [0, 0.05) is 39.3 Å². The van der Waals surface area contributed by atoms with Crippen molar-refractivity contribution >= 4 is 23.2 Å². The molecule has 8 heteroatoms. The van der Waals surface area contributed by atoms with E-state index in [-0.39, 0.29) is 11.9 Å². The molecule has 3 fully saturated rings. The molecule has 2 aromatic rings. The van der Waals surface area contributed by atoms with E-state index in [9.17, 15) is 9.59 Å². The summed E-state index contributed by atoms with van der Waals surface area (Å²) in [5.41, 5.74) is 1.35. The molecule has 1 N–H and O–H groups in total. The molecule has 2 saturated heterocycles. The average Bonchev–Trinajstić information content (AvgIpc) is 3.08. The number of likely N-dealkylation sites (tertiary alicyclic amines) is 1. The molecule has 0 spiro atoms. The summed E-state index contributed by atoms with van der Waals surface area (Å²) in [5.74, 6) is 1.01. The first-order valence-electron chi connectivity index (χ1n) is 10.6. The van der Waals surface area contributed by atoms with Crippen LogP contribution in [0.4, 0.5) is 0 Å². The van der Waals surface area contributed by atoms with E-state index < -0.39 is 0 Å². The maximum atomic E-state index is 13.0. The minimum Gasteiger partial charge on any atom is -0.341 e. The quantitative estimate of drug-likeness (QED) is 0.816. The molecule has 1 aliphatic carbocycles. The molecule has 4 heterocycles. The van der Waals surface area contributed by atoms with Crippen molar-refractivity contribution < 1.29 is 9.59 Å². The molecule has 7 nitrogen and oxygen atoms in total. The number of aromatic amines is 1. The number of carbonyl (C=O) groups excluding carboxylic acids is 2. The second-order valence-electron chi connectivity index (χ2n) is 8.36. The number of hydrogen-bond donors (Lipinski definition) is 1. The monoisotopic (exact) mass is 413 g/mol. The molecule has 154 valence electrons. The smallest absolute Gasteiger partial charge is 0.274 e. The van der Waals surface area contributed by atoms with Crippen LogP contribution in [-0.2, 0) is 4.79 Å². The lowest BCUT2D eigenvalue weighted by Gasteiger charge is -2.26. The van der Waals surface area contributed by atoms with Gasteiger partial charge in [-0.15, -0.1) is 11.3 Å². The molecular weight excluding hydrogens is 386 g/mol. The summed E-state index contributed by atoms with van der Waals surface area (Å²) >= 11 is 1.62. The third-order valence-electron chi connectivity index (χ3n) is 6.29. The highest BCUT2D eigenvalue weighted by molar-refractivity contribution is 7.13. The summed E-state index contributed by atoms with van der Waals surface area (Å²) in [6.45, 7) is 4.81. The number of carbonyl (C=O) groups is 2. The van der Waals surface area contributed by atoms with Gasteiger partial charge in [-0.25, -0.2) is 0 Å². The normalized spacial score (nSPS) is 23.6. The van der Waals surface area contributed by atoms with Crippen LogP contribution >= 0.6 is 11.3 Å². The maximum Gasteiger partial charge on any atom is 0.274 e. The summed E-state index contributed by atoms with van der Waals surface area (Å²) in [6.07, 6.45) is 4.36. The molecule has 2 aromatic heterocycles. The lowest BCUT2D eigenvalue weighted by Crippen LogP contribution is -2.44. The Morgan fingerprint density at radius 3 is 2.86 bits per heavy atom. The largest absolute Gasteiger partial charge is 0.341 e. The zero-order valence-electron chi connectivity index (χ0n) is 16.5. The highest BCUT2D eigenvalue weighted by atomic mass is 32.1. The van der Waals surface area contributed by atoms with Gasteiger partial charge < -0.3 is 9.80 Å². The van der Waals surface area contributed by atoms with Crippen LogP contribution in [0.2, 0.25) is 0 Å². The Labute approximate surface area is 174 Å². The van der Waals surface area contributed by atoms with Gasteiger partial charge in [0.2, 0.25) is 5.91 Å². The van der Waals surface area contributed by atoms with Gasteiger partial charge in [-0.2, -0.15) is 5.10 Å². The lowest BCUT2D eigenvalue weighted by atomic mass is 10.2. The minimum absolute atomic E-state index is 0.000355. The molecule has 0 radical (unpaired) electrons. The number of thiophene rings is 1. The fraction of sp³-hybridized carbons (Fsp3) is 0.571. The van der Waals surface area contributed by atoms with Crippen LogP contribution < -0.4 is 0 Å². The SMILES string of the molecule is O=C(c1cc(-c2cccs2)[nH]n1)N1CCCN([C@@H]2CCN(CC3CC3)C2=O)CC1. The van der Waals surface area contributed by atoms with Crippen molar-refractivity contribution in [3.05, 3.63) is 29.3 Å². The Bertz CT molecular complexity index is 876. The molecule has 3 aliphatic rings. The molecule has 1 atom stereocenters. The van der Waals surface area contributed by atoms with Crippen molar-refractivity contribution in [2.45, 2.75) is 31.7 Å². The maximum absolute atomic E-state index is 13.0. The molecule has 0 bridgehead atoms. The van der Waals surface area contributed by atoms with Gasteiger partial charge in [0.25, 0.3) is 5.91 Å². The predicted molar refractivity (Wildman–Crippen MR) is 112 cm³/mol. The van der Waals surface area contributed by atoms with E-state index in [1.165, 1.54) is 12.8 Å². The molecule has 2 amide bonds. The molecule has 0 aromatic carbocycles. The summed E-state index contributed by atoms with van der Waals surface area (Å²) < 4.78 is 0. The van der Waals surface area contributed by atoms with E-state index in [4.69, 9.17) is 0 Å². The Morgan fingerprint density at radius 1 is 1.17 bits per heavy atom. The Morgan fingerprint density at radius 2 is 2.07 bits per heavy atom. The van der Waals surface area contributed by atoms with Crippen LogP contribution in [-0.4, -0.2) is 82.0 Å². The predicted octanol–water partition coefficient (Wildman–Crippen LogP) is 2.30. The highest BCUT2D eigenvalue weighted by Gasteiger charge is 2.39. The third-order valence-corrected chi connectivity index (χ3v) is 7.19. The summed E-state index contributed by atoms with van der Waals surface area (Å²) in [7, 11) is 0. The Balaban J connectivity index is 1.20. The molecule has 0 unspecified atom stereocenters. The zero-order chi connectivity index (χ0) is 19.8. The van der Waals surface area contributed by atoms with Gasteiger partial charge in [0.15, 0.2) is 5.69 Å². The van der Waals surface area contributed by atoms with E-state index >= 15 is 0 Å². The van der Waals surface area contributed by atoms with E-state index in [0.29, 0.717) is 24.7 Å². The van der Waals surface area contributed by atoms with Crippen molar-refractivity contribution in [2.24, 2.45) is 5.92 Å². The number of hydrogen-bond acceptors (Lipinski definition) is 5. The first kappa shape index (κ1) is 18.8. The van der Waals surface area contributed by atoms with E-state index in [1.807, 2.05) is 28.5 Å². The molecule has 2 aliphatic heterocycles. The van der Waals surface area contributed by atoms with Crippen LogP contribution in [0, 0.1) is 5.92 Å². The molecule has 29 heavy (non-hydrogen) atoms. The Kier molecular flexibility index (Phi) is 5.13. The van der Waals surface area contributed by atoms with Crippen molar-refractivity contribution in [3.8, 4) is 10.6 Å². The van der Waals surface area contributed by atoms with Crippen LogP contribution in [0.25, 0.3) is 10.6 Å². The first-order chi connectivity index (χ1) is 14.2. The first-order valence-corrected chi connectivity index (χ1v) is 11.5. The van der Waals surface area contributed by atoms with Crippen LogP contribution in [0.1, 0.15) is 36.2 Å². The summed E-state index contributed by atoms with van der Waals surface area (Å²) in [6, 6.07) is 5.84. The number of nitrogens with one attached hydrogen (secondary N) is 1. The fourth-order valence-corrected chi connectivity index (χ4v) is 5.15. The average molecular weight is 414 g/mol. The number of nitrogens with zero attached hydrogens (tertiary/aromatic N) is 4. The van der Waals surface area contributed by atoms with Gasteiger partial charge >= 0.3 is 0 Å². The fourth-order valence-electron chi connectivity index (χ4n) is 4.46. The number of amides is 2. The second-order valence-corrected chi connectivity index (χ2v) is 9.31. The zero-order valence-corrected chi connectivity index (χ0v) is 17.4. The molecular formula is C21H27N5O2S.